The van der Waals surface area contributed by atoms with Crippen molar-refractivity contribution in [3.05, 3.63) is 0 Å². The van der Waals surface area contributed by atoms with Gasteiger partial charge in [-0.1, -0.05) is 20.8 Å². The zero-order valence-corrected chi connectivity index (χ0v) is 10.3. The van der Waals surface area contributed by atoms with Crippen molar-refractivity contribution in [1.29, 1.82) is 0 Å². The van der Waals surface area contributed by atoms with Crippen molar-refractivity contribution in [2.45, 2.75) is 51.1 Å². The number of rotatable bonds is 6. The van der Waals surface area contributed by atoms with Crippen molar-refractivity contribution in [3.8, 4) is 0 Å². The first kappa shape index (κ1) is 11.2. The second-order valence-corrected chi connectivity index (χ2v) is 8.31. The standard InChI is InChI=1S/C10H22O2Si/c1-5-8-12-13(11-4,9(2)3)10-6-7-10/h9-10H,5-8H2,1-4H3. The van der Waals surface area contributed by atoms with E-state index in [1.807, 2.05) is 7.11 Å². The molecule has 1 rings (SSSR count). The van der Waals surface area contributed by atoms with Crippen LogP contribution in [0, 0.1) is 0 Å². The molecule has 1 aliphatic rings. The topological polar surface area (TPSA) is 18.5 Å². The Morgan fingerprint density at radius 2 is 2.00 bits per heavy atom. The summed E-state index contributed by atoms with van der Waals surface area (Å²) >= 11 is 0. The summed E-state index contributed by atoms with van der Waals surface area (Å²) in [6.45, 7) is 7.50. The van der Waals surface area contributed by atoms with E-state index in [1.54, 1.807) is 0 Å². The van der Waals surface area contributed by atoms with Crippen LogP contribution in [-0.2, 0) is 8.85 Å². The monoisotopic (exact) mass is 202 g/mol. The van der Waals surface area contributed by atoms with Gasteiger partial charge >= 0.3 is 8.56 Å². The molecule has 0 aromatic heterocycles. The first-order valence-electron chi connectivity index (χ1n) is 5.36. The van der Waals surface area contributed by atoms with Gasteiger partial charge < -0.3 is 8.85 Å². The van der Waals surface area contributed by atoms with Gasteiger partial charge in [0.05, 0.1) is 0 Å². The SMILES string of the molecule is CCCO[Si](OC)(C(C)C)C1CC1. The molecular weight excluding hydrogens is 180 g/mol. The van der Waals surface area contributed by atoms with E-state index in [4.69, 9.17) is 8.85 Å². The molecule has 0 heterocycles. The van der Waals surface area contributed by atoms with Gasteiger partial charge in [0.2, 0.25) is 0 Å². The lowest BCUT2D eigenvalue weighted by Gasteiger charge is -2.32. The summed E-state index contributed by atoms with van der Waals surface area (Å²) in [5, 5.41) is 0. The Hall–Kier alpha value is 0.137. The maximum atomic E-state index is 6.03. The highest BCUT2D eigenvalue weighted by molar-refractivity contribution is 6.71. The highest BCUT2D eigenvalue weighted by Crippen LogP contribution is 2.50. The molecule has 3 heteroatoms. The maximum absolute atomic E-state index is 6.03. The zero-order valence-electron chi connectivity index (χ0n) is 9.30. The fourth-order valence-electron chi connectivity index (χ4n) is 1.96. The Balaban J connectivity index is 2.58. The van der Waals surface area contributed by atoms with Crippen molar-refractivity contribution >= 4 is 8.56 Å². The molecule has 2 nitrogen and oxygen atoms in total. The minimum Gasteiger partial charge on any atom is -0.397 e. The Bertz CT molecular complexity index is 153. The molecule has 13 heavy (non-hydrogen) atoms. The third-order valence-electron chi connectivity index (χ3n) is 2.80. The van der Waals surface area contributed by atoms with Gasteiger partial charge in [0.25, 0.3) is 0 Å². The summed E-state index contributed by atoms with van der Waals surface area (Å²) < 4.78 is 11.8. The van der Waals surface area contributed by atoms with Crippen molar-refractivity contribution in [3.63, 3.8) is 0 Å². The van der Waals surface area contributed by atoms with Crippen LogP contribution in [0.4, 0.5) is 0 Å². The van der Waals surface area contributed by atoms with Crippen molar-refractivity contribution < 1.29 is 8.85 Å². The van der Waals surface area contributed by atoms with E-state index < -0.39 is 8.56 Å². The average Bonchev–Trinajstić information content (AvgIpc) is 2.90. The van der Waals surface area contributed by atoms with Crippen LogP contribution >= 0.6 is 0 Å². The zero-order chi connectivity index (χ0) is 9.90. The summed E-state index contributed by atoms with van der Waals surface area (Å²) in [5.41, 5.74) is 1.35. The molecule has 1 fully saturated rings. The van der Waals surface area contributed by atoms with Crippen molar-refractivity contribution in [2.24, 2.45) is 0 Å². The Morgan fingerprint density at radius 3 is 2.31 bits per heavy atom. The summed E-state index contributed by atoms with van der Waals surface area (Å²) in [6.07, 6.45) is 3.74. The molecule has 0 amide bonds. The van der Waals surface area contributed by atoms with E-state index in [0.717, 1.165) is 18.6 Å². The van der Waals surface area contributed by atoms with E-state index in [1.165, 1.54) is 12.8 Å². The van der Waals surface area contributed by atoms with Crippen LogP contribution in [0.15, 0.2) is 0 Å². The fourth-order valence-corrected chi connectivity index (χ4v) is 5.89. The van der Waals surface area contributed by atoms with E-state index in [9.17, 15) is 0 Å². The van der Waals surface area contributed by atoms with Gasteiger partial charge in [-0.05, 0) is 24.8 Å². The number of hydrogen-bond acceptors (Lipinski definition) is 2. The van der Waals surface area contributed by atoms with Crippen LogP contribution in [0.1, 0.15) is 40.0 Å². The van der Waals surface area contributed by atoms with E-state index in [0.29, 0.717) is 5.54 Å². The molecule has 0 N–H and O–H groups in total. The number of hydrogen-bond donors (Lipinski definition) is 0. The summed E-state index contributed by atoms with van der Waals surface area (Å²) in [7, 11) is -0.000517. The maximum Gasteiger partial charge on any atom is 0.343 e. The van der Waals surface area contributed by atoms with Gasteiger partial charge in [-0.15, -0.1) is 0 Å². The third-order valence-corrected chi connectivity index (χ3v) is 7.42. The van der Waals surface area contributed by atoms with Gasteiger partial charge in [-0.3, -0.25) is 0 Å². The Labute approximate surface area is 82.9 Å². The minimum atomic E-state index is -1.83. The normalized spacial score (nSPS) is 21.9. The second kappa shape index (κ2) is 4.58. The predicted octanol–water partition coefficient (Wildman–Crippen LogP) is 3.08. The Morgan fingerprint density at radius 1 is 1.38 bits per heavy atom. The first-order valence-corrected chi connectivity index (χ1v) is 7.33. The second-order valence-electron chi connectivity index (χ2n) is 4.20. The highest BCUT2D eigenvalue weighted by Gasteiger charge is 2.53. The van der Waals surface area contributed by atoms with E-state index >= 15 is 0 Å². The van der Waals surface area contributed by atoms with E-state index in [-0.39, 0.29) is 0 Å². The molecule has 0 bridgehead atoms. The average molecular weight is 202 g/mol. The van der Waals surface area contributed by atoms with Crippen LogP contribution in [0.5, 0.6) is 0 Å². The third kappa shape index (κ3) is 2.33. The van der Waals surface area contributed by atoms with Crippen LogP contribution in [0.2, 0.25) is 11.1 Å². The smallest absolute Gasteiger partial charge is 0.343 e. The summed E-state index contributed by atoms with van der Waals surface area (Å²) in [5.74, 6) is 0. The van der Waals surface area contributed by atoms with Gasteiger partial charge in [0.15, 0.2) is 0 Å². The minimum absolute atomic E-state index is 0.580. The summed E-state index contributed by atoms with van der Waals surface area (Å²) in [4.78, 5) is 0. The highest BCUT2D eigenvalue weighted by atomic mass is 28.4. The molecule has 1 saturated carbocycles. The molecule has 1 aliphatic carbocycles. The molecule has 1 unspecified atom stereocenters. The summed E-state index contributed by atoms with van der Waals surface area (Å²) in [6, 6.07) is 0. The van der Waals surface area contributed by atoms with Gasteiger partial charge in [-0.2, -0.15) is 0 Å². The van der Waals surface area contributed by atoms with Gasteiger partial charge in [-0.25, -0.2) is 0 Å². The van der Waals surface area contributed by atoms with Crippen LogP contribution in [0.3, 0.4) is 0 Å². The molecule has 78 valence electrons. The fraction of sp³-hybridized carbons (Fsp3) is 1.00. The quantitative estimate of drug-likeness (QED) is 0.616. The molecule has 0 aliphatic heterocycles. The van der Waals surface area contributed by atoms with E-state index in [2.05, 4.69) is 20.8 Å². The van der Waals surface area contributed by atoms with Crippen LogP contribution in [0.25, 0.3) is 0 Å². The van der Waals surface area contributed by atoms with Gasteiger partial charge in [0, 0.05) is 19.3 Å². The van der Waals surface area contributed by atoms with Crippen LogP contribution in [-0.4, -0.2) is 22.3 Å². The largest absolute Gasteiger partial charge is 0.397 e. The lowest BCUT2D eigenvalue weighted by atomic mass is 10.5. The lowest BCUT2D eigenvalue weighted by Crippen LogP contribution is -2.45. The van der Waals surface area contributed by atoms with Gasteiger partial charge in [0.1, 0.15) is 0 Å². The molecule has 0 spiro atoms. The van der Waals surface area contributed by atoms with Crippen LogP contribution < -0.4 is 0 Å². The predicted molar refractivity (Wildman–Crippen MR) is 57.1 cm³/mol. The Kier molecular flexibility index (Phi) is 3.95. The first-order chi connectivity index (χ1) is 6.17. The molecule has 1 atom stereocenters. The molecule has 0 aromatic carbocycles. The molecule has 0 saturated heterocycles. The van der Waals surface area contributed by atoms with Crippen molar-refractivity contribution in [2.75, 3.05) is 13.7 Å². The van der Waals surface area contributed by atoms with Crippen molar-refractivity contribution in [1.82, 2.24) is 0 Å². The lowest BCUT2D eigenvalue weighted by molar-refractivity contribution is 0.188. The molecule has 0 radical (unpaired) electrons. The molecule has 0 aromatic rings. The molecular formula is C10H22O2Si.